The van der Waals surface area contributed by atoms with Crippen molar-refractivity contribution in [1.29, 1.82) is 0 Å². The number of hydrogen-bond acceptors (Lipinski definition) is 4. The molecule has 0 atom stereocenters. The van der Waals surface area contributed by atoms with E-state index in [-0.39, 0.29) is 5.75 Å². The van der Waals surface area contributed by atoms with E-state index in [2.05, 4.69) is 24.1 Å². The Morgan fingerprint density at radius 2 is 2.05 bits per heavy atom. The molecular formula is C17H28N2O2. The number of hydrogen-bond donors (Lipinski definition) is 2. The van der Waals surface area contributed by atoms with Crippen LogP contribution < -0.4 is 10.1 Å². The normalized spacial score (nSPS) is 17.3. The van der Waals surface area contributed by atoms with Crippen molar-refractivity contribution in [2.45, 2.75) is 52.2 Å². The van der Waals surface area contributed by atoms with Crippen molar-refractivity contribution in [2.24, 2.45) is 0 Å². The molecule has 118 valence electrons. The summed E-state index contributed by atoms with van der Waals surface area (Å²) in [6.07, 6.45) is 2.41. The van der Waals surface area contributed by atoms with Crippen molar-refractivity contribution >= 4 is 0 Å². The number of nitrogens with zero attached hydrogens (tertiary/aromatic N) is 1. The molecule has 4 nitrogen and oxygen atoms in total. The van der Waals surface area contributed by atoms with Gasteiger partial charge in [0.15, 0.2) is 11.5 Å². The molecule has 1 aliphatic rings. The molecule has 2 N–H and O–H groups in total. The second kappa shape index (κ2) is 7.66. The molecule has 0 bridgehead atoms. The minimum Gasteiger partial charge on any atom is -0.504 e. The predicted molar refractivity (Wildman–Crippen MR) is 85.8 cm³/mol. The van der Waals surface area contributed by atoms with E-state index in [1.54, 1.807) is 6.07 Å². The second-order valence-electron chi connectivity index (χ2n) is 6.02. The molecule has 2 rings (SSSR count). The highest BCUT2D eigenvalue weighted by molar-refractivity contribution is 5.41. The first-order valence-electron chi connectivity index (χ1n) is 8.02. The maximum atomic E-state index is 9.71. The lowest BCUT2D eigenvalue weighted by molar-refractivity contribution is 0.161. The molecule has 4 heteroatoms. The first-order valence-corrected chi connectivity index (χ1v) is 8.02. The van der Waals surface area contributed by atoms with Crippen molar-refractivity contribution in [3.63, 3.8) is 0 Å². The van der Waals surface area contributed by atoms with Crippen molar-refractivity contribution in [3.05, 3.63) is 23.8 Å². The van der Waals surface area contributed by atoms with Crippen LogP contribution in [0.15, 0.2) is 18.2 Å². The Labute approximate surface area is 128 Å². The van der Waals surface area contributed by atoms with Crippen LogP contribution in [0.25, 0.3) is 0 Å². The minimum atomic E-state index is 0.214. The SMILES string of the molecule is CCOc1cc(CNC2CCN(C(C)C)CC2)ccc1O. The van der Waals surface area contributed by atoms with Crippen molar-refractivity contribution in [3.8, 4) is 11.5 Å². The molecule has 1 saturated heterocycles. The van der Waals surface area contributed by atoms with E-state index >= 15 is 0 Å². The Morgan fingerprint density at radius 3 is 2.67 bits per heavy atom. The second-order valence-corrected chi connectivity index (χ2v) is 6.02. The van der Waals surface area contributed by atoms with E-state index < -0.39 is 0 Å². The Kier molecular flexibility index (Phi) is 5.88. The van der Waals surface area contributed by atoms with E-state index in [0.29, 0.717) is 24.4 Å². The van der Waals surface area contributed by atoms with Gasteiger partial charge < -0.3 is 20.1 Å². The monoisotopic (exact) mass is 292 g/mol. The van der Waals surface area contributed by atoms with Crippen LogP contribution in [-0.4, -0.2) is 41.8 Å². The summed E-state index contributed by atoms with van der Waals surface area (Å²) in [5, 5.41) is 13.3. The highest BCUT2D eigenvalue weighted by Gasteiger charge is 2.20. The van der Waals surface area contributed by atoms with Crippen LogP contribution in [0, 0.1) is 0 Å². The number of phenolic OH excluding ortho intramolecular Hbond substituents is 1. The first kappa shape index (κ1) is 16.1. The predicted octanol–water partition coefficient (Wildman–Crippen LogP) is 2.75. The van der Waals surface area contributed by atoms with Gasteiger partial charge in [-0.3, -0.25) is 0 Å². The average molecular weight is 292 g/mol. The largest absolute Gasteiger partial charge is 0.504 e. The lowest BCUT2D eigenvalue weighted by Crippen LogP contribution is -2.44. The third-order valence-electron chi connectivity index (χ3n) is 4.18. The molecule has 0 aliphatic carbocycles. The smallest absolute Gasteiger partial charge is 0.161 e. The summed E-state index contributed by atoms with van der Waals surface area (Å²) in [5.74, 6) is 0.789. The number of rotatable bonds is 6. The van der Waals surface area contributed by atoms with Gasteiger partial charge in [-0.25, -0.2) is 0 Å². The molecule has 0 unspecified atom stereocenters. The highest BCUT2D eigenvalue weighted by atomic mass is 16.5. The number of piperidine rings is 1. The molecule has 1 aromatic rings. The summed E-state index contributed by atoms with van der Waals surface area (Å²) >= 11 is 0. The summed E-state index contributed by atoms with van der Waals surface area (Å²) in [6, 6.07) is 6.83. The van der Waals surface area contributed by atoms with Crippen LogP contribution in [0.3, 0.4) is 0 Å². The van der Waals surface area contributed by atoms with Crippen LogP contribution in [-0.2, 0) is 6.54 Å². The Morgan fingerprint density at radius 1 is 1.33 bits per heavy atom. The fourth-order valence-corrected chi connectivity index (χ4v) is 2.82. The average Bonchev–Trinajstić information content (AvgIpc) is 2.48. The van der Waals surface area contributed by atoms with Gasteiger partial charge >= 0.3 is 0 Å². The summed E-state index contributed by atoms with van der Waals surface area (Å²) in [6.45, 7) is 10.2. The first-order chi connectivity index (χ1) is 10.1. The van der Waals surface area contributed by atoms with E-state index in [1.807, 2.05) is 19.1 Å². The zero-order chi connectivity index (χ0) is 15.2. The molecule has 0 amide bonds. The molecule has 0 saturated carbocycles. The Bertz CT molecular complexity index is 440. The third kappa shape index (κ3) is 4.61. The lowest BCUT2D eigenvalue weighted by atomic mass is 10.0. The topological polar surface area (TPSA) is 44.7 Å². The molecule has 21 heavy (non-hydrogen) atoms. The Hall–Kier alpha value is -1.26. The zero-order valence-corrected chi connectivity index (χ0v) is 13.4. The number of nitrogens with one attached hydrogen (secondary N) is 1. The summed E-state index contributed by atoms with van der Waals surface area (Å²) in [7, 11) is 0. The number of ether oxygens (including phenoxy) is 1. The third-order valence-corrected chi connectivity index (χ3v) is 4.18. The fourth-order valence-electron chi connectivity index (χ4n) is 2.82. The number of aromatic hydroxyl groups is 1. The van der Waals surface area contributed by atoms with Gasteiger partial charge in [0.25, 0.3) is 0 Å². The molecular weight excluding hydrogens is 264 g/mol. The van der Waals surface area contributed by atoms with Gasteiger partial charge in [0.2, 0.25) is 0 Å². The zero-order valence-electron chi connectivity index (χ0n) is 13.4. The number of phenols is 1. The van der Waals surface area contributed by atoms with Crippen molar-refractivity contribution in [1.82, 2.24) is 10.2 Å². The Balaban J connectivity index is 1.82. The standard InChI is InChI=1S/C17H28N2O2/c1-4-21-17-11-14(5-6-16(17)20)12-18-15-7-9-19(10-8-15)13(2)3/h5-6,11,13,15,18,20H,4,7-10,12H2,1-3H3. The fraction of sp³-hybridized carbons (Fsp3) is 0.647. The van der Waals surface area contributed by atoms with Gasteiger partial charge in [0.1, 0.15) is 0 Å². The molecule has 1 fully saturated rings. The van der Waals surface area contributed by atoms with Gasteiger partial charge in [-0.05, 0) is 64.4 Å². The minimum absolute atomic E-state index is 0.214. The van der Waals surface area contributed by atoms with Crippen LogP contribution in [0.1, 0.15) is 39.2 Å². The highest BCUT2D eigenvalue weighted by Crippen LogP contribution is 2.26. The molecule has 1 heterocycles. The quantitative estimate of drug-likeness (QED) is 0.846. The van der Waals surface area contributed by atoms with Gasteiger partial charge in [-0.1, -0.05) is 6.07 Å². The van der Waals surface area contributed by atoms with E-state index in [1.165, 1.54) is 25.9 Å². The summed E-state index contributed by atoms with van der Waals surface area (Å²) in [5.41, 5.74) is 1.16. The lowest BCUT2D eigenvalue weighted by Gasteiger charge is -2.35. The molecule has 1 aromatic carbocycles. The number of benzene rings is 1. The molecule has 0 aromatic heterocycles. The van der Waals surface area contributed by atoms with Gasteiger partial charge in [-0.2, -0.15) is 0 Å². The van der Waals surface area contributed by atoms with Gasteiger partial charge in [-0.15, -0.1) is 0 Å². The van der Waals surface area contributed by atoms with E-state index in [0.717, 1.165) is 12.1 Å². The van der Waals surface area contributed by atoms with Crippen molar-refractivity contribution in [2.75, 3.05) is 19.7 Å². The maximum Gasteiger partial charge on any atom is 0.161 e. The van der Waals surface area contributed by atoms with Crippen LogP contribution in [0.4, 0.5) is 0 Å². The number of likely N-dealkylation sites (tertiary alicyclic amines) is 1. The van der Waals surface area contributed by atoms with E-state index in [4.69, 9.17) is 4.74 Å². The van der Waals surface area contributed by atoms with Crippen molar-refractivity contribution < 1.29 is 9.84 Å². The molecule has 1 aliphatic heterocycles. The molecule has 0 radical (unpaired) electrons. The van der Waals surface area contributed by atoms with Crippen LogP contribution in [0.5, 0.6) is 11.5 Å². The van der Waals surface area contributed by atoms with Crippen LogP contribution in [0.2, 0.25) is 0 Å². The van der Waals surface area contributed by atoms with E-state index in [9.17, 15) is 5.11 Å². The summed E-state index contributed by atoms with van der Waals surface area (Å²) in [4.78, 5) is 2.53. The van der Waals surface area contributed by atoms with Crippen LogP contribution >= 0.6 is 0 Å². The van der Waals surface area contributed by atoms with Gasteiger partial charge in [0, 0.05) is 18.6 Å². The molecule has 0 spiro atoms. The van der Waals surface area contributed by atoms with Gasteiger partial charge in [0.05, 0.1) is 6.61 Å². The summed E-state index contributed by atoms with van der Waals surface area (Å²) < 4.78 is 5.43. The maximum absolute atomic E-state index is 9.71.